The van der Waals surface area contributed by atoms with E-state index in [4.69, 9.17) is 0 Å². The number of rotatable bonds is 1. The molecule has 0 unspecified atom stereocenters. The Labute approximate surface area is 103 Å². The summed E-state index contributed by atoms with van der Waals surface area (Å²) in [4.78, 5) is 6.42. The zero-order valence-corrected chi connectivity index (χ0v) is 10.3. The van der Waals surface area contributed by atoms with Crippen LogP contribution in [0.15, 0.2) is 45.9 Å². The number of benzene rings is 2. The molecule has 0 saturated heterocycles. The Morgan fingerprint density at radius 2 is 2.00 bits per heavy atom. The molecule has 0 atom stereocenters. The van der Waals surface area contributed by atoms with Crippen LogP contribution >= 0.6 is 15.9 Å². The third kappa shape index (κ3) is 1.52. The molecule has 0 aromatic heterocycles. The third-order valence-electron chi connectivity index (χ3n) is 2.84. The van der Waals surface area contributed by atoms with E-state index in [1.54, 1.807) is 0 Å². The van der Waals surface area contributed by atoms with E-state index in [0.29, 0.717) is 0 Å². The molecule has 0 bridgehead atoms. The number of aliphatic imine (C=N–C) groups is 1. The van der Waals surface area contributed by atoms with E-state index < -0.39 is 0 Å². The lowest BCUT2D eigenvalue weighted by atomic mass is 10.1. The molecule has 0 fully saturated rings. The second-order valence-corrected chi connectivity index (χ2v) is 4.63. The number of fused-ring (bicyclic) bond motifs is 1. The van der Waals surface area contributed by atoms with Gasteiger partial charge >= 0.3 is 0 Å². The van der Waals surface area contributed by atoms with Gasteiger partial charge < -0.3 is 4.90 Å². The van der Waals surface area contributed by atoms with Crippen molar-refractivity contribution in [3.05, 3.63) is 40.9 Å². The predicted octanol–water partition coefficient (Wildman–Crippen LogP) is 3.45. The van der Waals surface area contributed by atoms with Gasteiger partial charge in [-0.25, -0.2) is 0 Å². The van der Waals surface area contributed by atoms with Gasteiger partial charge in [-0.2, -0.15) is 0 Å². The van der Waals surface area contributed by atoms with Crippen LogP contribution in [0.1, 0.15) is 0 Å². The molecule has 0 N–H and O–H groups in total. The van der Waals surface area contributed by atoms with E-state index in [0.717, 1.165) is 17.6 Å². The highest BCUT2D eigenvalue weighted by Crippen LogP contribution is 2.33. The van der Waals surface area contributed by atoms with Crippen LogP contribution in [0.4, 0.5) is 5.69 Å². The van der Waals surface area contributed by atoms with Gasteiger partial charge in [-0.05, 0) is 32.8 Å². The van der Waals surface area contributed by atoms with Crippen molar-refractivity contribution in [3.63, 3.8) is 0 Å². The minimum atomic E-state index is 0.888. The van der Waals surface area contributed by atoms with Crippen LogP contribution in [0, 0.1) is 0 Å². The number of anilines is 1. The Morgan fingerprint density at radius 1 is 1.12 bits per heavy atom. The molecule has 16 heavy (non-hydrogen) atoms. The molecule has 0 radical (unpaired) electrons. The van der Waals surface area contributed by atoms with Gasteiger partial charge in [-0.3, -0.25) is 4.99 Å². The smallest absolute Gasteiger partial charge is 0.0896 e. The minimum Gasteiger partial charge on any atom is -0.330 e. The summed E-state index contributed by atoms with van der Waals surface area (Å²) in [5, 5.41) is 2.51. The summed E-state index contributed by atoms with van der Waals surface area (Å²) in [6, 6.07) is 12.7. The molecule has 0 spiro atoms. The van der Waals surface area contributed by atoms with Crippen molar-refractivity contribution in [3.8, 4) is 0 Å². The van der Waals surface area contributed by atoms with Crippen LogP contribution < -0.4 is 4.90 Å². The van der Waals surface area contributed by atoms with Gasteiger partial charge in [0.15, 0.2) is 0 Å². The fraction of sp³-hybridized carbons (Fsp3) is 0.154. The normalized spacial score (nSPS) is 14.9. The first kappa shape index (κ1) is 9.85. The monoisotopic (exact) mass is 274 g/mol. The molecule has 0 amide bonds. The van der Waals surface area contributed by atoms with Gasteiger partial charge in [0.05, 0.1) is 18.6 Å². The van der Waals surface area contributed by atoms with E-state index in [1.165, 1.54) is 16.5 Å². The van der Waals surface area contributed by atoms with Gasteiger partial charge in [0.25, 0.3) is 0 Å². The SMILES string of the molecule is Brc1c(N2C=NCC2)ccc2ccccc12. The fourth-order valence-electron chi connectivity index (χ4n) is 2.01. The van der Waals surface area contributed by atoms with E-state index in [2.05, 4.69) is 62.2 Å². The first-order valence-corrected chi connectivity index (χ1v) is 6.09. The molecule has 1 heterocycles. The van der Waals surface area contributed by atoms with Crippen molar-refractivity contribution in [2.24, 2.45) is 4.99 Å². The largest absolute Gasteiger partial charge is 0.330 e. The summed E-state index contributed by atoms with van der Waals surface area (Å²) in [5.74, 6) is 0. The van der Waals surface area contributed by atoms with Gasteiger partial charge in [-0.1, -0.05) is 30.3 Å². The fourth-order valence-corrected chi connectivity index (χ4v) is 2.73. The molecule has 3 heteroatoms. The molecule has 2 aromatic carbocycles. The van der Waals surface area contributed by atoms with Crippen molar-refractivity contribution in [2.45, 2.75) is 0 Å². The molecule has 2 aromatic rings. The summed E-state index contributed by atoms with van der Waals surface area (Å²) >= 11 is 3.69. The van der Waals surface area contributed by atoms with Crippen LogP contribution in [-0.4, -0.2) is 19.4 Å². The maximum absolute atomic E-state index is 4.24. The van der Waals surface area contributed by atoms with Gasteiger partial charge in [0.1, 0.15) is 0 Å². The highest BCUT2D eigenvalue weighted by molar-refractivity contribution is 9.10. The second-order valence-electron chi connectivity index (χ2n) is 3.83. The Kier molecular flexibility index (Phi) is 2.40. The summed E-state index contributed by atoms with van der Waals surface area (Å²) in [5.41, 5.74) is 1.19. The Balaban J connectivity index is 2.19. The second kappa shape index (κ2) is 3.91. The first-order chi connectivity index (χ1) is 7.86. The van der Waals surface area contributed by atoms with Crippen LogP contribution in [0.2, 0.25) is 0 Å². The maximum Gasteiger partial charge on any atom is 0.0896 e. The molecule has 1 aliphatic rings. The van der Waals surface area contributed by atoms with Gasteiger partial charge in [0, 0.05) is 11.0 Å². The zero-order chi connectivity index (χ0) is 11.0. The van der Waals surface area contributed by atoms with Crippen molar-refractivity contribution in [1.82, 2.24) is 0 Å². The lowest BCUT2D eigenvalue weighted by Crippen LogP contribution is -2.18. The third-order valence-corrected chi connectivity index (χ3v) is 3.68. The van der Waals surface area contributed by atoms with Crippen LogP contribution in [0.3, 0.4) is 0 Å². The molecule has 2 nitrogen and oxygen atoms in total. The highest BCUT2D eigenvalue weighted by Gasteiger charge is 2.12. The maximum atomic E-state index is 4.24. The van der Waals surface area contributed by atoms with Crippen molar-refractivity contribution in [2.75, 3.05) is 18.0 Å². The molecule has 1 aliphatic heterocycles. The quantitative estimate of drug-likeness (QED) is 0.778. The topological polar surface area (TPSA) is 15.6 Å². The molecule has 0 saturated carbocycles. The van der Waals surface area contributed by atoms with Crippen LogP contribution in [-0.2, 0) is 0 Å². The summed E-state index contributed by atoms with van der Waals surface area (Å²) in [6.07, 6.45) is 1.91. The average Bonchev–Trinajstić information content (AvgIpc) is 2.83. The lowest BCUT2D eigenvalue weighted by Gasteiger charge is -2.17. The summed E-state index contributed by atoms with van der Waals surface area (Å²) < 4.78 is 1.15. The molecule has 80 valence electrons. The number of hydrogen-bond donors (Lipinski definition) is 0. The molecule has 0 aliphatic carbocycles. The van der Waals surface area contributed by atoms with E-state index in [-0.39, 0.29) is 0 Å². The Hall–Kier alpha value is -1.35. The van der Waals surface area contributed by atoms with Gasteiger partial charge in [-0.15, -0.1) is 0 Å². The van der Waals surface area contributed by atoms with Gasteiger partial charge in [0.2, 0.25) is 0 Å². The highest BCUT2D eigenvalue weighted by atomic mass is 79.9. The molecular weight excluding hydrogens is 264 g/mol. The molecular formula is C13H11BrN2. The number of halogens is 1. The zero-order valence-electron chi connectivity index (χ0n) is 8.73. The van der Waals surface area contributed by atoms with Crippen molar-refractivity contribution in [1.29, 1.82) is 0 Å². The van der Waals surface area contributed by atoms with Crippen molar-refractivity contribution < 1.29 is 0 Å². The summed E-state index contributed by atoms with van der Waals surface area (Å²) in [6.45, 7) is 1.86. The number of nitrogens with zero attached hydrogens (tertiary/aromatic N) is 2. The van der Waals surface area contributed by atoms with E-state index >= 15 is 0 Å². The minimum absolute atomic E-state index is 0.888. The Morgan fingerprint density at radius 3 is 2.81 bits per heavy atom. The average molecular weight is 275 g/mol. The lowest BCUT2D eigenvalue weighted by molar-refractivity contribution is 1.02. The van der Waals surface area contributed by atoms with Crippen LogP contribution in [0.5, 0.6) is 0 Å². The van der Waals surface area contributed by atoms with Crippen molar-refractivity contribution >= 4 is 38.7 Å². The van der Waals surface area contributed by atoms with E-state index in [9.17, 15) is 0 Å². The van der Waals surface area contributed by atoms with Crippen LogP contribution in [0.25, 0.3) is 10.8 Å². The Bertz CT molecular complexity index is 563. The standard InChI is InChI=1S/C13H11BrN2/c14-13-11-4-2-1-3-10(11)5-6-12(13)16-8-7-15-9-16/h1-6,9H,7-8H2. The number of hydrogen-bond acceptors (Lipinski definition) is 2. The predicted molar refractivity (Wildman–Crippen MR) is 72.4 cm³/mol. The first-order valence-electron chi connectivity index (χ1n) is 5.30. The summed E-state index contributed by atoms with van der Waals surface area (Å²) in [7, 11) is 0. The van der Waals surface area contributed by atoms with E-state index in [1.807, 2.05) is 6.34 Å². The molecule has 3 rings (SSSR count).